The number of esters is 4. The van der Waals surface area contributed by atoms with Gasteiger partial charge >= 0.3 is 39.5 Å². The fraction of sp³-hybridized carbons (Fsp3) is 0.947. The molecule has 3 N–H and O–H groups in total. The number of hydrogen-bond acceptors (Lipinski definition) is 15. The molecule has 0 saturated carbocycles. The minimum absolute atomic E-state index is 0.107. The van der Waals surface area contributed by atoms with Crippen LogP contribution in [0.4, 0.5) is 0 Å². The molecule has 0 amide bonds. The van der Waals surface area contributed by atoms with Gasteiger partial charge in [0, 0.05) is 25.7 Å². The molecule has 0 bridgehead atoms. The van der Waals surface area contributed by atoms with Crippen molar-refractivity contribution in [2.24, 2.45) is 11.8 Å². The second-order valence-corrected chi connectivity index (χ2v) is 31.0. The molecule has 19 heteroatoms. The summed E-state index contributed by atoms with van der Waals surface area (Å²) in [6.07, 6.45) is 55.4. The molecule has 0 radical (unpaired) electrons. The molecule has 0 aliphatic carbocycles. The predicted octanol–water partition coefficient (Wildman–Crippen LogP) is 22.3. The number of carbonyl (C=O) groups is 4. The Hall–Kier alpha value is -1.94. The first-order valence-electron chi connectivity index (χ1n) is 39.5. The largest absolute Gasteiger partial charge is 0.472 e. The molecule has 0 rings (SSSR count). The third-order valence-electron chi connectivity index (χ3n) is 18.1. The molecule has 0 aromatic rings. The van der Waals surface area contributed by atoms with Crippen LogP contribution in [-0.4, -0.2) is 96.7 Å². The van der Waals surface area contributed by atoms with Gasteiger partial charge in [0.2, 0.25) is 0 Å². The van der Waals surface area contributed by atoms with Gasteiger partial charge < -0.3 is 33.8 Å². The van der Waals surface area contributed by atoms with Gasteiger partial charge in [-0.1, -0.05) is 343 Å². The van der Waals surface area contributed by atoms with E-state index in [1.165, 1.54) is 205 Å². The molecular weight excluding hydrogens is 1250 g/mol. The topological polar surface area (TPSA) is 237 Å². The summed E-state index contributed by atoms with van der Waals surface area (Å²) in [5, 5.41) is 10.6. The summed E-state index contributed by atoms with van der Waals surface area (Å²) in [6.45, 7) is 9.58. The van der Waals surface area contributed by atoms with E-state index in [1.54, 1.807) is 0 Å². The van der Waals surface area contributed by atoms with Gasteiger partial charge in [0.15, 0.2) is 12.2 Å². The Bertz CT molecular complexity index is 1840. The van der Waals surface area contributed by atoms with E-state index in [0.717, 1.165) is 108 Å². The van der Waals surface area contributed by atoms with Crippen molar-refractivity contribution < 1.29 is 80.2 Å². The normalized spacial score (nSPS) is 14.3. The van der Waals surface area contributed by atoms with Crippen molar-refractivity contribution in [1.82, 2.24) is 0 Å². The lowest BCUT2D eigenvalue weighted by Gasteiger charge is -2.21. The second-order valence-electron chi connectivity index (χ2n) is 28.1. The van der Waals surface area contributed by atoms with Gasteiger partial charge in [-0.2, -0.15) is 0 Å². The maximum atomic E-state index is 13.1. The fourth-order valence-electron chi connectivity index (χ4n) is 11.6. The quantitative estimate of drug-likeness (QED) is 0.0222. The zero-order chi connectivity index (χ0) is 70.0. The highest BCUT2D eigenvalue weighted by atomic mass is 31.2. The number of carbonyl (C=O) groups excluding carboxylic acids is 4. The van der Waals surface area contributed by atoms with E-state index < -0.39 is 97.5 Å². The summed E-state index contributed by atoms with van der Waals surface area (Å²) < 4.78 is 68.5. The van der Waals surface area contributed by atoms with Gasteiger partial charge in [0.25, 0.3) is 0 Å². The van der Waals surface area contributed by atoms with Crippen LogP contribution in [-0.2, 0) is 65.4 Å². The minimum atomic E-state index is -4.96. The molecule has 17 nitrogen and oxygen atoms in total. The average Bonchev–Trinajstić information content (AvgIpc) is 1.81. The van der Waals surface area contributed by atoms with Crippen molar-refractivity contribution in [2.45, 2.75) is 413 Å². The minimum Gasteiger partial charge on any atom is -0.462 e. The average molecular weight is 1400 g/mol. The molecule has 0 aliphatic rings. The number of aliphatic hydroxyl groups is 1. The number of unbranched alkanes of at least 4 members (excludes halogenated alkanes) is 44. The summed E-state index contributed by atoms with van der Waals surface area (Å²) in [5.41, 5.74) is 0. The molecule has 0 aromatic heterocycles. The number of ether oxygens (including phenoxy) is 4. The first-order valence-corrected chi connectivity index (χ1v) is 42.5. The fourth-order valence-corrected chi connectivity index (χ4v) is 13.2. The van der Waals surface area contributed by atoms with Crippen LogP contribution in [0.1, 0.15) is 395 Å². The van der Waals surface area contributed by atoms with Crippen LogP contribution in [0.15, 0.2) is 0 Å². The van der Waals surface area contributed by atoms with Gasteiger partial charge in [0.05, 0.1) is 26.4 Å². The SMILES string of the molecule is CCCCCCCCCCCCCCCCCCCC(=O)O[C@H](COC(=O)CCCCCCCCCCCCCCC(C)C)COP(=O)(O)OC[C@@H](O)COP(=O)(O)OC[C@@H](COC(=O)CCCCCCCCC(C)CC)OC(=O)CCCCCCCCCCCCCCC. The van der Waals surface area contributed by atoms with Gasteiger partial charge in [-0.15, -0.1) is 0 Å². The third kappa shape index (κ3) is 69.0. The van der Waals surface area contributed by atoms with E-state index in [1.807, 2.05) is 0 Å². The first kappa shape index (κ1) is 93.1. The van der Waals surface area contributed by atoms with Crippen LogP contribution >= 0.6 is 15.6 Å². The second kappa shape index (κ2) is 67.9. The van der Waals surface area contributed by atoms with Crippen molar-refractivity contribution in [3.63, 3.8) is 0 Å². The zero-order valence-electron chi connectivity index (χ0n) is 62.0. The van der Waals surface area contributed by atoms with Gasteiger partial charge in [-0.05, 0) is 37.5 Å². The molecule has 0 aromatic carbocycles. The zero-order valence-corrected chi connectivity index (χ0v) is 63.8. The number of phosphoric acid groups is 2. The van der Waals surface area contributed by atoms with Gasteiger partial charge in [0.1, 0.15) is 19.3 Å². The number of rotatable bonds is 75. The van der Waals surface area contributed by atoms with Crippen LogP contribution in [0.2, 0.25) is 0 Å². The Morgan fingerprint density at radius 3 is 0.800 bits per heavy atom. The smallest absolute Gasteiger partial charge is 0.462 e. The van der Waals surface area contributed by atoms with Crippen LogP contribution in [0.5, 0.6) is 0 Å². The number of aliphatic hydroxyl groups excluding tert-OH is 1. The number of hydrogen-bond donors (Lipinski definition) is 3. The summed E-state index contributed by atoms with van der Waals surface area (Å²) in [7, 11) is -9.91. The van der Waals surface area contributed by atoms with Crippen molar-refractivity contribution >= 4 is 39.5 Å². The van der Waals surface area contributed by atoms with Crippen LogP contribution < -0.4 is 0 Å². The van der Waals surface area contributed by atoms with Crippen LogP contribution in [0, 0.1) is 11.8 Å². The Labute approximate surface area is 581 Å². The maximum Gasteiger partial charge on any atom is 0.472 e. The maximum absolute atomic E-state index is 13.1. The standard InChI is InChI=1S/C76H148O17P2/c1-7-10-12-14-16-18-20-22-23-24-25-27-33-37-41-49-55-61-75(80)92-71(64-86-73(78)58-52-46-39-35-31-29-28-30-34-38-44-50-56-68(4)5)66-90-94(82,83)88-62-70(77)63-89-95(84,85)91-67-72(65-87-74(79)59-53-47-43-42-45-51-57-69(6)9-3)93-76(81)60-54-48-40-36-32-26-21-19-17-15-13-11-8-2/h68-72,77H,7-67H2,1-6H3,(H,82,83)(H,84,85)/t69?,70-,71-,72-/m1/s1. The highest BCUT2D eigenvalue weighted by molar-refractivity contribution is 7.47. The van der Waals surface area contributed by atoms with Crippen molar-refractivity contribution in [1.29, 1.82) is 0 Å². The summed E-state index contributed by atoms with van der Waals surface area (Å²) >= 11 is 0. The highest BCUT2D eigenvalue weighted by Gasteiger charge is 2.30. The molecule has 0 heterocycles. The molecular formula is C76H148O17P2. The van der Waals surface area contributed by atoms with Crippen molar-refractivity contribution in [3.05, 3.63) is 0 Å². The summed E-state index contributed by atoms with van der Waals surface area (Å²) in [6, 6.07) is 0. The predicted molar refractivity (Wildman–Crippen MR) is 386 cm³/mol. The molecule has 0 saturated heterocycles. The van der Waals surface area contributed by atoms with E-state index in [0.29, 0.717) is 25.7 Å². The molecule has 0 spiro atoms. The lowest BCUT2D eigenvalue weighted by atomic mass is 10.00. The Balaban J connectivity index is 5.25. The summed E-state index contributed by atoms with van der Waals surface area (Å²) in [5.74, 6) is -0.602. The Kier molecular flexibility index (Phi) is 66.5. The molecule has 6 atom stereocenters. The van der Waals surface area contributed by atoms with Crippen molar-refractivity contribution in [3.8, 4) is 0 Å². The molecule has 0 aliphatic heterocycles. The molecule has 564 valence electrons. The summed E-state index contributed by atoms with van der Waals surface area (Å²) in [4.78, 5) is 72.8. The van der Waals surface area contributed by atoms with E-state index in [9.17, 15) is 43.2 Å². The molecule has 0 fully saturated rings. The van der Waals surface area contributed by atoms with E-state index in [4.69, 9.17) is 37.0 Å². The van der Waals surface area contributed by atoms with Gasteiger partial charge in [-0.25, -0.2) is 9.13 Å². The van der Waals surface area contributed by atoms with E-state index in [-0.39, 0.29) is 25.7 Å². The van der Waals surface area contributed by atoms with E-state index in [2.05, 4.69) is 41.5 Å². The first-order chi connectivity index (χ1) is 45.9. The van der Waals surface area contributed by atoms with Crippen LogP contribution in [0.3, 0.4) is 0 Å². The van der Waals surface area contributed by atoms with Gasteiger partial charge in [-0.3, -0.25) is 37.3 Å². The third-order valence-corrected chi connectivity index (χ3v) is 20.0. The Morgan fingerprint density at radius 2 is 0.537 bits per heavy atom. The van der Waals surface area contributed by atoms with E-state index >= 15 is 0 Å². The van der Waals surface area contributed by atoms with Crippen LogP contribution in [0.25, 0.3) is 0 Å². The molecule has 3 unspecified atom stereocenters. The van der Waals surface area contributed by atoms with Crippen molar-refractivity contribution in [2.75, 3.05) is 39.6 Å². The Morgan fingerprint density at radius 1 is 0.305 bits per heavy atom. The lowest BCUT2D eigenvalue weighted by Crippen LogP contribution is -2.30. The monoisotopic (exact) mass is 1400 g/mol. The molecule has 95 heavy (non-hydrogen) atoms. The lowest BCUT2D eigenvalue weighted by molar-refractivity contribution is -0.161. The number of phosphoric ester groups is 2. The highest BCUT2D eigenvalue weighted by Crippen LogP contribution is 2.45.